The molecule has 6 heteroatoms. The SMILES string of the molecule is CC[C@]1(c2cccc(OC)c2)C2=C(CC(C)(C)NC2=O)NC2N=NC(C)=C21. The van der Waals surface area contributed by atoms with Gasteiger partial charge >= 0.3 is 0 Å². The molecule has 142 valence electrons. The van der Waals surface area contributed by atoms with Gasteiger partial charge in [-0.05, 0) is 44.9 Å². The van der Waals surface area contributed by atoms with E-state index in [2.05, 4.69) is 33.9 Å². The minimum Gasteiger partial charge on any atom is -0.497 e. The third-order valence-corrected chi connectivity index (χ3v) is 5.88. The lowest BCUT2D eigenvalue weighted by molar-refractivity contribution is -0.120. The first-order chi connectivity index (χ1) is 12.8. The predicted molar refractivity (Wildman–Crippen MR) is 103 cm³/mol. The van der Waals surface area contributed by atoms with Gasteiger partial charge in [0, 0.05) is 23.2 Å². The number of azo groups is 1. The summed E-state index contributed by atoms with van der Waals surface area (Å²) in [7, 11) is 1.66. The number of allylic oxidation sites excluding steroid dienone is 1. The fourth-order valence-corrected chi connectivity index (χ4v) is 4.81. The number of hydrogen-bond acceptors (Lipinski definition) is 5. The van der Waals surface area contributed by atoms with E-state index < -0.39 is 5.41 Å². The standard InChI is InChI=1S/C21H26N4O2/c1-6-21(13-8-7-9-14(10-13)27-5)16-12(2)24-25-18(16)22-15-11-20(3,4)23-19(26)17(15)21/h7-10,18,22H,6,11H2,1-5H3,(H,23,26)/t18?,21-/m1/s1. The smallest absolute Gasteiger partial charge is 0.250 e. The maximum Gasteiger partial charge on any atom is 0.250 e. The number of benzene rings is 1. The second-order valence-electron chi connectivity index (χ2n) is 8.12. The van der Waals surface area contributed by atoms with Crippen LogP contribution in [0.2, 0.25) is 0 Å². The zero-order chi connectivity index (χ0) is 19.4. The zero-order valence-electron chi connectivity index (χ0n) is 16.5. The Labute approximate surface area is 159 Å². The van der Waals surface area contributed by atoms with E-state index in [1.54, 1.807) is 7.11 Å². The molecule has 3 aliphatic rings. The van der Waals surface area contributed by atoms with Crippen molar-refractivity contribution in [2.75, 3.05) is 7.11 Å². The number of amides is 1. The molecule has 2 N–H and O–H groups in total. The molecule has 0 radical (unpaired) electrons. The van der Waals surface area contributed by atoms with E-state index in [1.807, 2.05) is 39.0 Å². The molecular weight excluding hydrogens is 340 g/mol. The molecule has 3 heterocycles. The Morgan fingerprint density at radius 1 is 1.33 bits per heavy atom. The summed E-state index contributed by atoms with van der Waals surface area (Å²) in [5.74, 6) is 0.753. The maximum absolute atomic E-state index is 13.3. The Morgan fingerprint density at radius 2 is 2.11 bits per heavy atom. The zero-order valence-corrected chi connectivity index (χ0v) is 16.5. The van der Waals surface area contributed by atoms with E-state index in [1.165, 1.54) is 0 Å². The van der Waals surface area contributed by atoms with Crippen molar-refractivity contribution >= 4 is 5.91 Å². The topological polar surface area (TPSA) is 75.1 Å². The number of nitrogens with one attached hydrogen (secondary N) is 2. The molecule has 0 aromatic heterocycles. The Morgan fingerprint density at radius 3 is 2.81 bits per heavy atom. The van der Waals surface area contributed by atoms with E-state index >= 15 is 0 Å². The van der Waals surface area contributed by atoms with E-state index in [4.69, 9.17) is 4.74 Å². The van der Waals surface area contributed by atoms with Crippen LogP contribution in [0.1, 0.15) is 46.1 Å². The van der Waals surface area contributed by atoms with E-state index in [-0.39, 0.29) is 17.6 Å². The average Bonchev–Trinajstić information content (AvgIpc) is 3.00. The van der Waals surface area contributed by atoms with Gasteiger partial charge in [0.2, 0.25) is 0 Å². The number of ether oxygens (including phenoxy) is 1. The minimum atomic E-state index is -0.575. The monoisotopic (exact) mass is 366 g/mol. The lowest BCUT2D eigenvalue weighted by Crippen LogP contribution is -2.58. The molecule has 0 saturated carbocycles. The van der Waals surface area contributed by atoms with Crippen LogP contribution in [0.5, 0.6) is 5.75 Å². The van der Waals surface area contributed by atoms with Crippen LogP contribution in [-0.2, 0) is 10.2 Å². The van der Waals surface area contributed by atoms with Crippen molar-refractivity contribution in [3.05, 3.63) is 52.4 Å². The number of carbonyl (C=O) groups excluding carboxylic acids is 1. The van der Waals surface area contributed by atoms with Crippen LogP contribution in [0.25, 0.3) is 0 Å². The van der Waals surface area contributed by atoms with Crippen LogP contribution in [0.3, 0.4) is 0 Å². The van der Waals surface area contributed by atoms with Gasteiger partial charge in [0.05, 0.1) is 23.8 Å². The molecular formula is C21H26N4O2. The Hall–Kier alpha value is -2.63. The summed E-state index contributed by atoms with van der Waals surface area (Å²) in [6.07, 6.45) is 1.25. The van der Waals surface area contributed by atoms with Gasteiger partial charge in [0.1, 0.15) is 5.75 Å². The molecule has 1 aromatic carbocycles. The number of methoxy groups -OCH3 is 1. The van der Waals surface area contributed by atoms with Crippen LogP contribution < -0.4 is 15.4 Å². The quantitative estimate of drug-likeness (QED) is 0.859. The number of nitrogens with zero attached hydrogens (tertiary/aromatic N) is 2. The van der Waals surface area contributed by atoms with Gasteiger partial charge in [0.25, 0.3) is 5.91 Å². The summed E-state index contributed by atoms with van der Waals surface area (Å²) in [5, 5.41) is 15.5. The van der Waals surface area contributed by atoms with Crippen LogP contribution in [0, 0.1) is 0 Å². The normalized spacial score (nSPS) is 28.5. The summed E-state index contributed by atoms with van der Waals surface area (Å²) in [6.45, 7) is 8.18. The Kier molecular flexibility index (Phi) is 3.91. The van der Waals surface area contributed by atoms with Crippen LogP contribution in [0.4, 0.5) is 0 Å². The van der Waals surface area contributed by atoms with E-state index in [0.29, 0.717) is 0 Å². The molecule has 1 aromatic rings. The van der Waals surface area contributed by atoms with E-state index in [0.717, 1.165) is 46.7 Å². The first kappa shape index (κ1) is 17.8. The van der Waals surface area contributed by atoms with Crippen molar-refractivity contribution in [2.24, 2.45) is 10.2 Å². The molecule has 27 heavy (non-hydrogen) atoms. The molecule has 0 aliphatic carbocycles. The highest BCUT2D eigenvalue weighted by molar-refractivity contribution is 6.00. The molecule has 1 unspecified atom stereocenters. The fraction of sp³-hybridized carbons (Fsp3) is 0.476. The molecule has 6 nitrogen and oxygen atoms in total. The molecule has 0 bridgehead atoms. The van der Waals surface area contributed by atoms with Gasteiger partial charge in [-0.25, -0.2) is 0 Å². The third-order valence-electron chi connectivity index (χ3n) is 5.88. The highest BCUT2D eigenvalue weighted by Crippen LogP contribution is 2.52. The van der Waals surface area contributed by atoms with Gasteiger partial charge in [0.15, 0.2) is 6.17 Å². The summed E-state index contributed by atoms with van der Waals surface area (Å²) >= 11 is 0. The van der Waals surface area contributed by atoms with Gasteiger partial charge in [-0.15, -0.1) is 0 Å². The van der Waals surface area contributed by atoms with Crippen LogP contribution in [0.15, 0.2) is 57.0 Å². The number of hydrogen-bond donors (Lipinski definition) is 2. The average molecular weight is 366 g/mol. The number of fused-ring (bicyclic) bond motifs is 1. The van der Waals surface area contributed by atoms with Crippen LogP contribution in [-0.4, -0.2) is 24.7 Å². The summed E-state index contributed by atoms with van der Waals surface area (Å²) in [4.78, 5) is 13.3. The first-order valence-electron chi connectivity index (χ1n) is 9.41. The van der Waals surface area contributed by atoms with Crippen LogP contribution >= 0.6 is 0 Å². The highest BCUT2D eigenvalue weighted by Gasteiger charge is 2.54. The highest BCUT2D eigenvalue weighted by atomic mass is 16.5. The second kappa shape index (κ2) is 5.94. The minimum absolute atomic E-state index is 0.0240. The molecule has 1 amide bonds. The molecule has 0 saturated heterocycles. The van der Waals surface area contributed by atoms with Crippen molar-refractivity contribution in [1.29, 1.82) is 0 Å². The predicted octanol–water partition coefficient (Wildman–Crippen LogP) is 3.56. The largest absolute Gasteiger partial charge is 0.497 e. The van der Waals surface area contributed by atoms with Crippen molar-refractivity contribution in [3.8, 4) is 5.75 Å². The molecule has 0 fully saturated rings. The lowest BCUT2D eigenvalue weighted by atomic mass is 9.61. The van der Waals surface area contributed by atoms with Crippen molar-refractivity contribution < 1.29 is 9.53 Å². The fourth-order valence-electron chi connectivity index (χ4n) is 4.81. The van der Waals surface area contributed by atoms with Gasteiger partial charge in [-0.2, -0.15) is 10.2 Å². The second-order valence-corrected chi connectivity index (χ2v) is 8.12. The van der Waals surface area contributed by atoms with Gasteiger partial charge in [-0.1, -0.05) is 19.1 Å². The Bertz CT molecular complexity index is 913. The van der Waals surface area contributed by atoms with Gasteiger partial charge in [-0.3, -0.25) is 4.79 Å². The number of carbonyl (C=O) groups is 1. The van der Waals surface area contributed by atoms with Crippen molar-refractivity contribution in [3.63, 3.8) is 0 Å². The Balaban J connectivity index is 2.03. The lowest BCUT2D eigenvalue weighted by Gasteiger charge is -2.48. The van der Waals surface area contributed by atoms with Crippen molar-refractivity contribution in [2.45, 2.75) is 57.7 Å². The molecule has 3 aliphatic heterocycles. The summed E-state index contributed by atoms with van der Waals surface area (Å²) < 4.78 is 5.47. The van der Waals surface area contributed by atoms with Gasteiger partial charge < -0.3 is 15.4 Å². The third kappa shape index (κ3) is 2.50. The maximum atomic E-state index is 13.3. The number of rotatable bonds is 3. The molecule has 0 spiro atoms. The molecule has 4 rings (SSSR count). The summed E-state index contributed by atoms with van der Waals surface area (Å²) in [6, 6.07) is 8.01. The molecule has 2 atom stereocenters. The first-order valence-corrected chi connectivity index (χ1v) is 9.41. The summed E-state index contributed by atoms with van der Waals surface area (Å²) in [5.41, 5.74) is 3.86. The van der Waals surface area contributed by atoms with Crippen molar-refractivity contribution in [1.82, 2.24) is 10.6 Å². The van der Waals surface area contributed by atoms with E-state index in [9.17, 15) is 4.79 Å².